The summed E-state index contributed by atoms with van der Waals surface area (Å²) in [6.45, 7) is 6.50. The molecule has 0 amide bonds. The second-order valence-electron chi connectivity index (χ2n) is 16.3. The number of carbonyl (C=O) groups excluding carboxylic acids is 3. The van der Waals surface area contributed by atoms with Gasteiger partial charge in [0.15, 0.2) is 6.10 Å². The molecule has 0 aromatic rings. The number of hydrogen-bond donors (Lipinski definition) is 0. The van der Waals surface area contributed by atoms with Gasteiger partial charge >= 0.3 is 17.9 Å². The first-order valence-electron chi connectivity index (χ1n) is 24.5. The molecule has 6 heteroatoms. The highest BCUT2D eigenvalue weighted by Crippen LogP contribution is 2.15. The summed E-state index contributed by atoms with van der Waals surface area (Å²) in [7, 11) is 0. The van der Waals surface area contributed by atoms with Gasteiger partial charge in [0.2, 0.25) is 0 Å². The van der Waals surface area contributed by atoms with Gasteiger partial charge in [-0.25, -0.2) is 0 Å². The molecular weight excluding hydrogens is 709 g/mol. The van der Waals surface area contributed by atoms with Gasteiger partial charge in [-0.15, -0.1) is 0 Å². The predicted octanol–water partition coefficient (Wildman–Crippen LogP) is 15.8. The van der Waals surface area contributed by atoms with Crippen molar-refractivity contribution < 1.29 is 28.6 Å². The minimum absolute atomic E-state index is 0.0765. The molecule has 0 bridgehead atoms. The number of rotatable bonds is 44. The molecule has 0 fully saturated rings. The second-order valence-corrected chi connectivity index (χ2v) is 16.3. The summed E-state index contributed by atoms with van der Waals surface area (Å²) in [4.78, 5) is 37.8. The Kier molecular flexibility index (Phi) is 44.4. The van der Waals surface area contributed by atoms with Crippen LogP contribution in [0.4, 0.5) is 0 Å². The maximum absolute atomic E-state index is 12.7. The van der Waals surface area contributed by atoms with Crippen LogP contribution in [-0.2, 0) is 28.6 Å². The van der Waals surface area contributed by atoms with Crippen molar-refractivity contribution in [2.24, 2.45) is 0 Å². The Bertz CT molecular complexity index is 969. The van der Waals surface area contributed by atoms with Gasteiger partial charge < -0.3 is 14.2 Å². The monoisotopic (exact) mass is 801 g/mol. The quantitative estimate of drug-likeness (QED) is 0.0264. The number of unbranched alkanes of at least 4 members (excludes halogenated alkanes) is 27. The molecule has 1 atom stereocenters. The van der Waals surface area contributed by atoms with Crippen molar-refractivity contribution in [3.63, 3.8) is 0 Å². The van der Waals surface area contributed by atoms with Crippen LogP contribution in [0.3, 0.4) is 0 Å². The minimum atomic E-state index is -0.773. The normalized spacial score (nSPS) is 12.3. The number of esters is 3. The van der Waals surface area contributed by atoms with Gasteiger partial charge in [-0.2, -0.15) is 0 Å². The van der Waals surface area contributed by atoms with E-state index in [9.17, 15) is 14.4 Å². The Morgan fingerprint density at radius 3 is 1.11 bits per heavy atom. The standard InChI is InChI=1S/C51H92O6/c1-4-7-10-13-16-19-22-25-27-29-32-35-38-41-44-50(53)56-47-48(46-55-49(52)43-40-37-34-31-28-24-21-18-15-12-9-6-3)57-51(54)45-42-39-36-33-30-26-23-20-17-14-11-8-5-2/h7,10,16,18-19,21,48H,4-6,8-9,11-15,17,20,22-47H2,1-3H3/b10-7-,19-16-,21-18-. The third-order valence-corrected chi connectivity index (χ3v) is 10.6. The molecule has 0 aliphatic rings. The van der Waals surface area contributed by atoms with Crippen molar-refractivity contribution >= 4 is 17.9 Å². The van der Waals surface area contributed by atoms with E-state index in [-0.39, 0.29) is 31.1 Å². The summed E-state index contributed by atoms with van der Waals surface area (Å²) in [5, 5.41) is 0. The lowest BCUT2D eigenvalue weighted by molar-refractivity contribution is -0.167. The first-order chi connectivity index (χ1) is 28.0. The van der Waals surface area contributed by atoms with Crippen molar-refractivity contribution in [1.82, 2.24) is 0 Å². The molecule has 57 heavy (non-hydrogen) atoms. The van der Waals surface area contributed by atoms with E-state index in [0.29, 0.717) is 19.3 Å². The van der Waals surface area contributed by atoms with Crippen LogP contribution < -0.4 is 0 Å². The van der Waals surface area contributed by atoms with Gasteiger partial charge in [0.05, 0.1) is 0 Å². The fraction of sp³-hybridized carbons (Fsp3) is 0.824. The lowest BCUT2D eigenvalue weighted by Crippen LogP contribution is -2.30. The summed E-state index contributed by atoms with van der Waals surface area (Å²) in [5.74, 6) is -0.886. The lowest BCUT2D eigenvalue weighted by atomic mass is 10.0. The van der Waals surface area contributed by atoms with Gasteiger partial charge in [0.25, 0.3) is 0 Å². The Morgan fingerprint density at radius 1 is 0.368 bits per heavy atom. The smallest absolute Gasteiger partial charge is 0.306 e. The first-order valence-corrected chi connectivity index (χ1v) is 24.5. The van der Waals surface area contributed by atoms with Crippen LogP contribution in [0.25, 0.3) is 0 Å². The first kappa shape index (κ1) is 54.6. The van der Waals surface area contributed by atoms with Crippen LogP contribution in [0.5, 0.6) is 0 Å². The molecule has 0 N–H and O–H groups in total. The fourth-order valence-electron chi connectivity index (χ4n) is 6.94. The molecular formula is C51H92O6. The zero-order valence-corrected chi connectivity index (χ0v) is 37.9. The lowest BCUT2D eigenvalue weighted by Gasteiger charge is -2.18. The minimum Gasteiger partial charge on any atom is -0.462 e. The number of hydrogen-bond acceptors (Lipinski definition) is 6. The van der Waals surface area contributed by atoms with E-state index in [4.69, 9.17) is 14.2 Å². The summed E-state index contributed by atoms with van der Waals surface area (Å²) >= 11 is 0. The van der Waals surface area contributed by atoms with Gasteiger partial charge in [-0.05, 0) is 70.6 Å². The van der Waals surface area contributed by atoms with E-state index in [0.717, 1.165) is 83.5 Å². The van der Waals surface area contributed by atoms with Crippen LogP contribution in [0.1, 0.15) is 252 Å². The Hall–Kier alpha value is -2.37. The van der Waals surface area contributed by atoms with E-state index in [1.807, 2.05) is 0 Å². The number of carbonyl (C=O) groups is 3. The Labute approximate surface area is 353 Å². The van der Waals surface area contributed by atoms with Crippen LogP contribution in [0, 0.1) is 0 Å². The maximum atomic E-state index is 12.7. The molecule has 0 aliphatic heterocycles. The second kappa shape index (κ2) is 46.3. The van der Waals surface area contributed by atoms with Crippen LogP contribution in [-0.4, -0.2) is 37.2 Å². The van der Waals surface area contributed by atoms with E-state index in [1.54, 1.807) is 0 Å². The molecule has 0 aromatic carbocycles. The highest BCUT2D eigenvalue weighted by atomic mass is 16.6. The molecule has 0 saturated heterocycles. The summed E-state index contributed by atoms with van der Waals surface area (Å²) < 4.78 is 16.7. The van der Waals surface area contributed by atoms with Crippen LogP contribution in [0.15, 0.2) is 36.5 Å². The fourth-order valence-corrected chi connectivity index (χ4v) is 6.94. The van der Waals surface area contributed by atoms with Gasteiger partial charge in [0.1, 0.15) is 13.2 Å². The highest BCUT2D eigenvalue weighted by Gasteiger charge is 2.19. The molecule has 6 nitrogen and oxygen atoms in total. The van der Waals surface area contributed by atoms with E-state index < -0.39 is 6.10 Å². The SMILES string of the molecule is CC/C=C\C/C=C\CCCCCCCCCC(=O)OCC(COC(=O)CCCCCCC/C=C\CCCCC)OC(=O)CCCCCCCCCCCCCCC. The molecule has 0 aliphatic carbocycles. The van der Waals surface area contributed by atoms with Crippen molar-refractivity contribution in [2.75, 3.05) is 13.2 Å². The topological polar surface area (TPSA) is 78.9 Å². The molecule has 0 radical (unpaired) electrons. The Morgan fingerprint density at radius 2 is 0.684 bits per heavy atom. The molecule has 0 aromatic heterocycles. The highest BCUT2D eigenvalue weighted by molar-refractivity contribution is 5.71. The average Bonchev–Trinajstić information content (AvgIpc) is 3.21. The van der Waals surface area contributed by atoms with Gasteiger partial charge in [-0.1, -0.05) is 198 Å². The number of allylic oxidation sites excluding steroid dienone is 6. The van der Waals surface area contributed by atoms with Crippen molar-refractivity contribution in [2.45, 2.75) is 258 Å². The van der Waals surface area contributed by atoms with Crippen LogP contribution >= 0.6 is 0 Å². The van der Waals surface area contributed by atoms with E-state index >= 15 is 0 Å². The van der Waals surface area contributed by atoms with E-state index in [1.165, 1.54) is 128 Å². The molecule has 0 saturated carbocycles. The summed E-state index contributed by atoms with van der Waals surface area (Å²) in [5.41, 5.74) is 0. The Balaban J connectivity index is 4.37. The van der Waals surface area contributed by atoms with Crippen LogP contribution in [0.2, 0.25) is 0 Å². The van der Waals surface area contributed by atoms with Gasteiger partial charge in [-0.3, -0.25) is 14.4 Å². The zero-order valence-electron chi connectivity index (χ0n) is 37.9. The largest absolute Gasteiger partial charge is 0.462 e. The summed E-state index contributed by atoms with van der Waals surface area (Å²) in [6, 6.07) is 0. The molecule has 1 unspecified atom stereocenters. The third-order valence-electron chi connectivity index (χ3n) is 10.6. The third kappa shape index (κ3) is 44.6. The molecule has 0 rings (SSSR count). The van der Waals surface area contributed by atoms with Gasteiger partial charge in [0, 0.05) is 19.3 Å². The molecule has 332 valence electrons. The van der Waals surface area contributed by atoms with Crippen molar-refractivity contribution in [1.29, 1.82) is 0 Å². The predicted molar refractivity (Wildman–Crippen MR) is 242 cm³/mol. The van der Waals surface area contributed by atoms with Crippen molar-refractivity contribution in [3.8, 4) is 0 Å². The molecule has 0 heterocycles. The van der Waals surface area contributed by atoms with E-state index in [2.05, 4.69) is 57.2 Å². The summed E-state index contributed by atoms with van der Waals surface area (Å²) in [6.07, 6.45) is 52.6. The van der Waals surface area contributed by atoms with Crippen molar-refractivity contribution in [3.05, 3.63) is 36.5 Å². The zero-order chi connectivity index (χ0) is 41.5. The average molecular weight is 801 g/mol. The molecule has 0 spiro atoms. The maximum Gasteiger partial charge on any atom is 0.306 e. The number of ether oxygens (including phenoxy) is 3.